The van der Waals surface area contributed by atoms with Gasteiger partial charge in [-0.1, -0.05) is 62.4 Å². The van der Waals surface area contributed by atoms with Crippen LogP contribution in [0.5, 0.6) is 0 Å². The first-order valence-electron chi connectivity index (χ1n) is 11.6. The zero-order valence-corrected chi connectivity index (χ0v) is 20.4. The average Bonchev–Trinajstić information content (AvgIpc) is 2.93. The van der Waals surface area contributed by atoms with E-state index in [1.165, 1.54) is 0 Å². The number of carbonyl (C=O) groups is 4. The van der Waals surface area contributed by atoms with E-state index < -0.39 is 52.9 Å². The van der Waals surface area contributed by atoms with Crippen molar-refractivity contribution in [1.82, 2.24) is 0 Å². The molecule has 0 saturated heterocycles. The van der Waals surface area contributed by atoms with Gasteiger partial charge in [-0.2, -0.15) is 0 Å². The third-order valence-corrected chi connectivity index (χ3v) is 5.69. The minimum Gasteiger partial charge on any atom is -0.454 e. The quantitative estimate of drug-likeness (QED) is 0.158. The van der Waals surface area contributed by atoms with E-state index in [-0.39, 0.29) is 5.56 Å². The van der Waals surface area contributed by atoms with Crippen LogP contribution >= 0.6 is 0 Å². The number of nitro benzene ring substituents is 1. The summed E-state index contributed by atoms with van der Waals surface area (Å²) in [4.78, 5) is 60.7. The summed E-state index contributed by atoms with van der Waals surface area (Å²) < 4.78 is 10.1. The number of carbonyl (C=O) groups excluding carboxylic acids is 4. The van der Waals surface area contributed by atoms with Gasteiger partial charge in [0.15, 0.2) is 24.8 Å². The second-order valence-electron chi connectivity index (χ2n) is 8.09. The van der Waals surface area contributed by atoms with Gasteiger partial charge in [-0.05, 0) is 30.0 Å². The Morgan fingerprint density at radius 1 is 0.676 bits per heavy atom. The zero-order chi connectivity index (χ0) is 26.9. The van der Waals surface area contributed by atoms with Gasteiger partial charge in [0, 0.05) is 23.3 Å². The molecule has 0 saturated carbocycles. The van der Waals surface area contributed by atoms with E-state index in [1.54, 1.807) is 48.5 Å². The monoisotopic (exact) mass is 503 g/mol. The van der Waals surface area contributed by atoms with E-state index in [0.717, 1.165) is 42.2 Å². The largest absolute Gasteiger partial charge is 0.454 e. The van der Waals surface area contributed by atoms with Crippen LogP contribution in [0.3, 0.4) is 0 Å². The Labute approximate surface area is 213 Å². The van der Waals surface area contributed by atoms with Gasteiger partial charge >= 0.3 is 11.9 Å². The van der Waals surface area contributed by atoms with E-state index in [9.17, 15) is 29.3 Å². The molecule has 0 aliphatic heterocycles. The van der Waals surface area contributed by atoms with Crippen LogP contribution in [0.1, 0.15) is 66.4 Å². The standard InChI is InChI=1S/C28H25NO8/c1-3-18-5-9-20(10-6-18)25(30)16-36-27(32)23-14-13-22(29(34)35)15-24(23)28(33)37-17-26(31)21-11-7-19(4-2)8-12-21/h5-15H,3-4,16-17H2,1-2H3. The highest BCUT2D eigenvalue weighted by Crippen LogP contribution is 2.20. The molecular weight excluding hydrogens is 478 g/mol. The molecule has 0 aliphatic rings. The highest BCUT2D eigenvalue weighted by molar-refractivity contribution is 6.06. The van der Waals surface area contributed by atoms with Gasteiger partial charge in [0.05, 0.1) is 16.1 Å². The summed E-state index contributed by atoms with van der Waals surface area (Å²) in [5.74, 6) is -3.09. The van der Waals surface area contributed by atoms with Crippen LogP contribution in [0.2, 0.25) is 0 Å². The van der Waals surface area contributed by atoms with Gasteiger partial charge in [-0.3, -0.25) is 19.7 Å². The van der Waals surface area contributed by atoms with E-state index in [0.29, 0.717) is 11.1 Å². The summed E-state index contributed by atoms with van der Waals surface area (Å²) >= 11 is 0. The Hall–Kier alpha value is -4.66. The number of Topliss-reactive ketones (excluding diaryl/α,β-unsaturated/α-hetero) is 2. The number of ketones is 2. The summed E-state index contributed by atoms with van der Waals surface area (Å²) in [5, 5.41) is 11.2. The van der Waals surface area contributed by atoms with Crippen LogP contribution in [0.15, 0.2) is 66.7 Å². The lowest BCUT2D eigenvalue weighted by atomic mass is 10.1. The third kappa shape index (κ3) is 6.94. The van der Waals surface area contributed by atoms with Gasteiger partial charge in [-0.25, -0.2) is 9.59 Å². The Morgan fingerprint density at radius 3 is 1.51 bits per heavy atom. The molecule has 9 nitrogen and oxygen atoms in total. The minimum atomic E-state index is -1.12. The molecule has 0 aromatic heterocycles. The highest BCUT2D eigenvalue weighted by Gasteiger charge is 2.24. The molecular formula is C28H25NO8. The smallest absolute Gasteiger partial charge is 0.339 e. The molecule has 0 unspecified atom stereocenters. The Balaban J connectivity index is 1.72. The van der Waals surface area contributed by atoms with Crippen molar-refractivity contribution in [3.05, 3.63) is 110 Å². The first-order valence-corrected chi connectivity index (χ1v) is 11.6. The molecule has 9 heteroatoms. The molecule has 0 atom stereocenters. The number of aryl methyl sites for hydroxylation is 2. The van der Waals surface area contributed by atoms with Crippen molar-refractivity contribution in [1.29, 1.82) is 0 Å². The number of hydrogen-bond donors (Lipinski definition) is 0. The van der Waals surface area contributed by atoms with Crippen LogP contribution in [0, 0.1) is 10.1 Å². The number of benzene rings is 3. The van der Waals surface area contributed by atoms with Crippen LogP contribution < -0.4 is 0 Å². The molecule has 0 spiro atoms. The number of nitrogens with zero attached hydrogens (tertiary/aromatic N) is 1. The fraction of sp³-hybridized carbons (Fsp3) is 0.214. The molecule has 0 fully saturated rings. The molecule has 0 bridgehead atoms. The summed E-state index contributed by atoms with van der Waals surface area (Å²) in [5.41, 5.74) is 1.51. The second-order valence-corrected chi connectivity index (χ2v) is 8.09. The predicted molar refractivity (Wildman–Crippen MR) is 134 cm³/mol. The van der Waals surface area contributed by atoms with Gasteiger partial charge in [-0.15, -0.1) is 0 Å². The molecule has 3 rings (SSSR count). The Morgan fingerprint density at radius 2 is 1.11 bits per heavy atom. The summed E-state index contributed by atoms with van der Waals surface area (Å²) in [6.07, 6.45) is 1.60. The maximum atomic E-state index is 12.7. The molecule has 0 amide bonds. The lowest BCUT2D eigenvalue weighted by Gasteiger charge is -2.10. The SMILES string of the molecule is CCc1ccc(C(=O)COC(=O)c2ccc([N+](=O)[O-])cc2C(=O)OCC(=O)c2ccc(CC)cc2)cc1. The van der Waals surface area contributed by atoms with Crippen molar-refractivity contribution in [2.75, 3.05) is 13.2 Å². The number of esters is 2. The summed E-state index contributed by atoms with van der Waals surface area (Å²) in [6.45, 7) is 2.72. The van der Waals surface area contributed by atoms with Crippen molar-refractivity contribution >= 4 is 29.2 Å². The Kier molecular flexibility index (Phi) is 8.99. The van der Waals surface area contributed by atoms with Crippen molar-refractivity contribution in [3.63, 3.8) is 0 Å². The van der Waals surface area contributed by atoms with E-state index in [2.05, 4.69) is 0 Å². The van der Waals surface area contributed by atoms with Crippen LogP contribution in [-0.2, 0) is 22.3 Å². The molecule has 0 heterocycles. The zero-order valence-electron chi connectivity index (χ0n) is 20.4. The van der Waals surface area contributed by atoms with Crippen molar-refractivity contribution < 1.29 is 33.6 Å². The summed E-state index contributed by atoms with van der Waals surface area (Å²) in [7, 11) is 0. The first-order chi connectivity index (χ1) is 17.7. The molecule has 3 aromatic rings. The lowest BCUT2D eigenvalue weighted by Crippen LogP contribution is -2.20. The van der Waals surface area contributed by atoms with Crippen molar-refractivity contribution in [3.8, 4) is 0 Å². The van der Waals surface area contributed by atoms with Gasteiger partial charge < -0.3 is 9.47 Å². The summed E-state index contributed by atoms with van der Waals surface area (Å²) in [6, 6.07) is 16.5. The fourth-order valence-corrected chi connectivity index (χ4v) is 3.43. The maximum absolute atomic E-state index is 12.7. The number of non-ortho nitro benzene ring substituents is 1. The van der Waals surface area contributed by atoms with Crippen LogP contribution in [0.4, 0.5) is 5.69 Å². The topological polar surface area (TPSA) is 130 Å². The third-order valence-electron chi connectivity index (χ3n) is 5.69. The van der Waals surface area contributed by atoms with Gasteiger partial charge in [0.2, 0.25) is 0 Å². The Bertz CT molecular complexity index is 1330. The predicted octanol–water partition coefficient (Wildman–Crippen LogP) is 4.80. The molecule has 190 valence electrons. The normalized spacial score (nSPS) is 10.4. The van der Waals surface area contributed by atoms with E-state index in [4.69, 9.17) is 9.47 Å². The average molecular weight is 504 g/mol. The minimum absolute atomic E-state index is 0.328. The molecule has 37 heavy (non-hydrogen) atoms. The number of ether oxygens (including phenoxy) is 2. The van der Waals surface area contributed by atoms with E-state index in [1.807, 2.05) is 13.8 Å². The molecule has 3 aromatic carbocycles. The van der Waals surface area contributed by atoms with Crippen LogP contribution in [-0.4, -0.2) is 41.6 Å². The van der Waals surface area contributed by atoms with Crippen molar-refractivity contribution in [2.24, 2.45) is 0 Å². The fourth-order valence-electron chi connectivity index (χ4n) is 3.43. The molecule has 0 N–H and O–H groups in total. The number of nitro groups is 1. The van der Waals surface area contributed by atoms with Gasteiger partial charge in [0.25, 0.3) is 5.69 Å². The van der Waals surface area contributed by atoms with Gasteiger partial charge in [0.1, 0.15) is 0 Å². The number of rotatable bonds is 11. The van der Waals surface area contributed by atoms with E-state index >= 15 is 0 Å². The molecule has 0 radical (unpaired) electrons. The highest BCUT2D eigenvalue weighted by atomic mass is 16.6. The second kappa shape index (κ2) is 12.3. The van der Waals surface area contributed by atoms with Crippen molar-refractivity contribution in [2.45, 2.75) is 26.7 Å². The maximum Gasteiger partial charge on any atom is 0.339 e. The number of hydrogen-bond acceptors (Lipinski definition) is 8. The first kappa shape index (κ1) is 26.9. The lowest BCUT2D eigenvalue weighted by molar-refractivity contribution is -0.384. The van der Waals surface area contributed by atoms with Crippen LogP contribution in [0.25, 0.3) is 0 Å². The molecule has 0 aliphatic carbocycles.